The number of nitrogens with two attached hydrogens (primary N) is 1. The number of amides is 2. The second-order valence-electron chi connectivity index (χ2n) is 6.15. The molecule has 2 amide bonds. The SMILES string of the molecule is Cc1ccc(-n2cnnc2SCC(=O)Nc2ccc(C(N)=O)c(C)c2)cc1Cl. The average molecular weight is 416 g/mol. The summed E-state index contributed by atoms with van der Waals surface area (Å²) in [5.41, 5.74) is 8.82. The lowest BCUT2D eigenvalue weighted by Gasteiger charge is -2.09. The van der Waals surface area contributed by atoms with Crippen molar-refractivity contribution in [3.8, 4) is 5.69 Å². The van der Waals surface area contributed by atoms with Crippen LogP contribution >= 0.6 is 23.4 Å². The van der Waals surface area contributed by atoms with Crippen LogP contribution in [0.5, 0.6) is 0 Å². The number of nitrogens with zero attached hydrogens (tertiary/aromatic N) is 3. The van der Waals surface area contributed by atoms with Gasteiger partial charge in [-0.15, -0.1) is 10.2 Å². The number of benzene rings is 2. The fourth-order valence-electron chi connectivity index (χ4n) is 2.58. The van der Waals surface area contributed by atoms with Gasteiger partial charge in [0, 0.05) is 16.3 Å². The molecule has 0 saturated heterocycles. The molecule has 0 radical (unpaired) electrons. The molecule has 2 aromatic carbocycles. The van der Waals surface area contributed by atoms with Crippen molar-refractivity contribution in [3.05, 3.63) is 64.4 Å². The van der Waals surface area contributed by atoms with Gasteiger partial charge in [-0.3, -0.25) is 14.2 Å². The number of nitrogens with one attached hydrogen (secondary N) is 1. The topological polar surface area (TPSA) is 103 Å². The number of carbonyl (C=O) groups excluding carboxylic acids is 2. The van der Waals surface area contributed by atoms with Crippen molar-refractivity contribution in [1.82, 2.24) is 14.8 Å². The van der Waals surface area contributed by atoms with Crippen LogP contribution in [0.2, 0.25) is 5.02 Å². The third kappa shape index (κ3) is 4.52. The molecule has 0 unspecified atom stereocenters. The Morgan fingerprint density at radius 2 is 1.96 bits per heavy atom. The van der Waals surface area contributed by atoms with E-state index in [0.717, 1.165) is 11.3 Å². The van der Waals surface area contributed by atoms with Gasteiger partial charge >= 0.3 is 0 Å². The van der Waals surface area contributed by atoms with E-state index in [0.29, 0.717) is 27.0 Å². The molecular weight excluding hydrogens is 398 g/mol. The first kappa shape index (κ1) is 19.9. The molecule has 3 aromatic rings. The maximum absolute atomic E-state index is 12.3. The molecule has 1 aromatic heterocycles. The summed E-state index contributed by atoms with van der Waals surface area (Å²) >= 11 is 7.45. The number of hydrogen-bond donors (Lipinski definition) is 2. The zero-order chi connectivity index (χ0) is 20.3. The van der Waals surface area contributed by atoms with E-state index in [1.165, 1.54) is 11.8 Å². The first-order chi connectivity index (χ1) is 13.3. The molecule has 28 heavy (non-hydrogen) atoms. The number of thioether (sulfide) groups is 1. The molecule has 0 atom stereocenters. The van der Waals surface area contributed by atoms with Crippen LogP contribution in [0.1, 0.15) is 21.5 Å². The molecule has 3 N–H and O–H groups in total. The number of primary amides is 1. The molecule has 0 bridgehead atoms. The van der Waals surface area contributed by atoms with E-state index in [2.05, 4.69) is 15.5 Å². The van der Waals surface area contributed by atoms with Crippen LogP contribution in [0.4, 0.5) is 5.69 Å². The molecule has 1 heterocycles. The maximum atomic E-state index is 12.3. The fraction of sp³-hybridized carbons (Fsp3) is 0.158. The van der Waals surface area contributed by atoms with E-state index in [4.69, 9.17) is 17.3 Å². The summed E-state index contributed by atoms with van der Waals surface area (Å²) in [5.74, 6) is -0.552. The first-order valence-electron chi connectivity index (χ1n) is 8.35. The van der Waals surface area contributed by atoms with Crippen molar-refractivity contribution < 1.29 is 9.59 Å². The van der Waals surface area contributed by atoms with E-state index in [1.54, 1.807) is 36.0 Å². The monoisotopic (exact) mass is 415 g/mol. The summed E-state index contributed by atoms with van der Waals surface area (Å²) in [6.45, 7) is 3.69. The molecule has 0 saturated carbocycles. The van der Waals surface area contributed by atoms with Gasteiger partial charge in [0.25, 0.3) is 0 Å². The van der Waals surface area contributed by atoms with Crippen molar-refractivity contribution in [2.24, 2.45) is 5.73 Å². The Kier molecular flexibility index (Phi) is 6.01. The van der Waals surface area contributed by atoms with Crippen LogP contribution in [-0.4, -0.2) is 32.3 Å². The Hall–Kier alpha value is -2.84. The predicted octanol–water partition coefficient (Wildman–Crippen LogP) is 3.37. The molecule has 0 aliphatic heterocycles. The predicted molar refractivity (Wildman–Crippen MR) is 110 cm³/mol. The van der Waals surface area contributed by atoms with Crippen molar-refractivity contribution in [2.75, 3.05) is 11.1 Å². The van der Waals surface area contributed by atoms with Gasteiger partial charge in [-0.1, -0.05) is 29.4 Å². The molecule has 0 aliphatic carbocycles. The smallest absolute Gasteiger partial charge is 0.248 e. The van der Waals surface area contributed by atoms with Crippen LogP contribution in [0.3, 0.4) is 0 Å². The standard InChI is InChI=1S/C19H18ClN5O2S/c1-11-3-5-14(8-16(11)20)25-10-22-24-19(25)28-9-17(26)23-13-4-6-15(18(21)27)12(2)7-13/h3-8,10H,9H2,1-2H3,(H2,21,27)(H,23,26). The third-order valence-electron chi connectivity index (χ3n) is 4.06. The highest BCUT2D eigenvalue weighted by molar-refractivity contribution is 7.99. The molecule has 0 fully saturated rings. The minimum atomic E-state index is -0.499. The maximum Gasteiger partial charge on any atom is 0.248 e. The lowest BCUT2D eigenvalue weighted by molar-refractivity contribution is -0.113. The van der Waals surface area contributed by atoms with Crippen molar-refractivity contribution in [3.63, 3.8) is 0 Å². The van der Waals surface area contributed by atoms with E-state index < -0.39 is 5.91 Å². The molecule has 0 spiro atoms. The van der Waals surface area contributed by atoms with Crippen LogP contribution in [-0.2, 0) is 4.79 Å². The summed E-state index contributed by atoms with van der Waals surface area (Å²) in [4.78, 5) is 23.6. The number of halogens is 1. The number of carbonyl (C=O) groups is 2. The summed E-state index contributed by atoms with van der Waals surface area (Å²) in [5, 5.41) is 12.0. The molecule has 3 rings (SSSR count). The fourth-order valence-corrected chi connectivity index (χ4v) is 3.48. The highest BCUT2D eigenvalue weighted by atomic mass is 35.5. The molecule has 0 aliphatic rings. The van der Waals surface area contributed by atoms with E-state index in [9.17, 15) is 9.59 Å². The van der Waals surface area contributed by atoms with Gasteiger partial charge in [-0.25, -0.2) is 0 Å². The van der Waals surface area contributed by atoms with Crippen molar-refractivity contribution >= 4 is 40.9 Å². The Morgan fingerprint density at radius 1 is 1.18 bits per heavy atom. The molecular formula is C19H18ClN5O2S. The summed E-state index contributed by atoms with van der Waals surface area (Å²) < 4.78 is 1.77. The number of aromatic nitrogens is 3. The molecule has 7 nitrogen and oxygen atoms in total. The van der Waals surface area contributed by atoms with Crippen LogP contribution < -0.4 is 11.1 Å². The van der Waals surface area contributed by atoms with Crippen molar-refractivity contribution in [2.45, 2.75) is 19.0 Å². The van der Waals surface area contributed by atoms with Gasteiger partial charge in [0.2, 0.25) is 11.8 Å². The number of anilines is 1. The van der Waals surface area contributed by atoms with Crippen molar-refractivity contribution in [1.29, 1.82) is 0 Å². The second-order valence-corrected chi connectivity index (χ2v) is 7.50. The second kappa shape index (κ2) is 8.45. The van der Waals surface area contributed by atoms with Gasteiger partial charge in [0.05, 0.1) is 11.4 Å². The summed E-state index contributed by atoms with van der Waals surface area (Å²) in [7, 11) is 0. The molecule has 9 heteroatoms. The Morgan fingerprint density at radius 3 is 2.64 bits per heavy atom. The van der Waals surface area contributed by atoms with Gasteiger partial charge in [0.15, 0.2) is 5.16 Å². The Labute approximate surface area is 171 Å². The van der Waals surface area contributed by atoms with Gasteiger partial charge in [-0.2, -0.15) is 0 Å². The quantitative estimate of drug-likeness (QED) is 0.601. The highest BCUT2D eigenvalue weighted by Gasteiger charge is 2.12. The Bertz CT molecular complexity index is 1050. The van der Waals surface area contributed by atoms with Crippen LogP contribution in [0, 0.1) is 13.8 Å². The number of aryl methyl sites for hydroxylation is 2. The van der Waals surface area contributed by atoms with E-state index >= 15 is 0 Å². The minimum absolute atomic E-state index is 0.148. The normalized spacial score (nSPS) is 10.7. The molecule has 144 valence electrons. The van der Waals surface area contributed by atoms with Gasteiger partial charge < -0.3 is 11.1 Å². The van der Waals surface area contributed by atoms with E-state index in [1.807, 2.05) is 25.1 Å². The first-order valence-corrected chi connectivity index (χ1v) is 9.71. The third-order valence-corrected chi connectivity index (χ3v) is 5.41. The summed E-state index contributed by atoms with van der Waals surface area (Å²) in [6.07, 6.45) is 1.58. The lowest BCUT2D eigenvalue weighted by atomic mass is 10.1. The largest absolute Gasteiger partial charge is 0.366 e. The van der Waals surface area contributed by atoms with Gasteiger partial charge in [-0.05, 0) is 55.3 Å². The lowest BCUT2D eigenvalue weighted by Crippen LogP contribution is -2.16. The number of rotatable bonds is 6. The van der Waals surface area contributed by atoms with Crippen LogP contribution in [0.15, 0.2) is 47.9 Å². The zero-order valence-electron chi connectivity index (χ0n) is 15.3. The summed E-state index contributed by atoms with van der Waals surface area (Å²) in [6, 6.07) is 10.6. The van der Waals surface area contributed by atoms with E-state index in [-0.39, 0.29) is 11.7 Å². The Balaban J connectivity index is 1.66. The van der Waals surface area contributed by atoms with Gasteiger partial charge in [0.1, 0.15) is 6.33 Å². The zero-order valence-corrected chi connectivity index (χ0v) is 16.8. The highest BCUT2D eigenvalue weighted by Crippen LogP contribution is 2.24. The minimum Gasteiger partial charge on any atom is -0.366 e. The average Bonchev–Trinajstić information content (AvgIpc) is 3.10. The van der Waals surface area contributed by atoms with Crippen LogP contribution in [0.25, 0.3) is 5.69 Å². The number of hydrogen-bond acceptors (Lipinski definition) is 5.